The van der Waals surface area contributed by atoms with Gasteiger partial charge in [0.05, 0.1) is 10.2 Å². The van der Waals surface area contributed by atoms with Crippen LogP contribution in [0, 0.1) is 5.92 Å². The van der Waals surface area contributed by atoms with E-state index < -0.39 is 0 Å². The van der Waals surface area contributed by atoms with E-state index in [0.29, 0.717) is 5.92 Å². The summed E-state index contributed by atoms with van der Waals surface area (Å²) in [5.41, 5.74) is 1.96. The van der Waals surface area contributed by atoms with Crippen LogP contribution < -0.4 is 0 Å². The predicted octanol–water partition coefficient (Wildman–Crippen LogP) is 2.19. The summed E-state index contributed by atoms with van der Waals surface area (Å²) in [6.07, 6.45) is 2.81. The first-order chi connectivity index (χ1) is 6.65. The fourth-order valence-electron chi connectivity index (χ4n) is 1.76. The molecule has 1 unspecified atom stereocenters. The van der Waals surface area contributed by atoms with Crippen LogP contribution in [0.5, 0.6) is 0 Å². The molecule has 0 radical (unpaired) electrons. The molecular weight excluding hydrogens is 244 g/mol. The van der Waals surface area contributed by atoms with E-state index in [-0.39, 0.29) is 6.10 Å². The third-order valence-corrected chi connectivity index (χ3v) is 3.67. The summed E-state index contributed by atoms with van der Waals surface area (Å²) in [5.74, 6) is 0.436. The van der Waals surface area contributed by atoms with Gasteiger partial charge in [-0.3, -0.25) is 4.68 Å². The Bertz CT molecular complexity index is 344. The Labute approximate surface area is 92.2 Å². The van der Waals surface area contributed by atoms with Crippen LogP contribution in [0.3, 0.4) is 0 Å². The summed E-state index contributed by atoms with van der Waals surface area (Å²) >= 11 is 3.52. The molecule has 1 N–H and O–H groups in total. The molecule has 1 aromatic heterocycles. The summed E-state index contributed by atoms with van der Waals surface area (Å²) in [4.78, 5) is 0. The lowest BCUT2D eigenvalue weighted by molar-refractivity contribution is 0.147. The summed E-state index contributed by atoms with van der Waals surface area (Å²) in [7, 11) is 1.92. The summed E-state index contributed by atoms with van der Waals surface area (Å²) in [6, 6.07) is 0. The average Bonchev–Trinajstić information content (AvgIpc) is 2.93. The fourth-order valence-corrected chi connectivity index (χ4v) is 2.61. The number of aryl methyl sites for hydroxylation is 1. The SMILES string of the molecule is CCc1c(Br)c(C(O)C2CC2)nn1C. The summed E-state index contributed by atoms with van der Waals surface area (Å²) < 4.78 is 2.84. The van der Waals surface area contributed by atoms with Crippen LogP contribution in [0.2, 0.25) is 0 Å². The molecule has 2 rings (SSSR count). The Morgan fingerprint density at radius 3 is 2.71 bits per heavy atom. The minimum Gasteiger partial charge on any atom is -0.386 e. The zero-order valence-electron chi connectivity index (χ0n) is 8.50. The number of nitrogens with zero attached hydrogens (tertiary/aromatic N) is 2. The van der Waals surface area contributed by atoms with Crippen molar-refractivity contribution in [2.24, 2.45) is 13.0 Å². The quantitative estimate of drug-likeness (QED) is 0.903. The maximum Gasteiger partial charge on any atom is 0.106 e. The highest BCUT2D eigenvalue weighted by atomic mass is 79.9. The number of rotatable bonds is 3. The monoisotopic (exact) mass is 258 g/mol. The van der Waals surface area contributed by atoms with Gasteiger partial charge in [0.15, 0.2) is 0 Å². The minimum absolute atomic E-state index is 0.379. The molecule has 0 bridgehead atoms. The van der Waals surface area contributed by atoms with Crippen LogP contribution in [0.1, 0.15) is 37.3 Å². The molecule has 78 valence electrons. The molecule has 0 aromatic carbocycles. The van der Waals surface area contributed by atoms with Gasteiger partial charge in [-0.2, -0.15) is 5.10 Å². The number of aliphatic hydroxyl groups excluding tert-OH is 1. The first-order valence-electron chi connectivity index (χ1n) is 5.04. The van der Waals surface area contributed by atoms with Gasteiger partial charge in [-0.1, -0.05) is 6.92 Å². The topological polar surface area (TPSA) is 38.1 Å². The number of halogens is 1. The molecule has 0 spiro atoms. The average molecular weight is 259 g/mol. The van der Waals surface area contributed by atoms with Crippen molar-refractivity contribution in [3.8, 4) is 0 Å². The van der Waals surface area contributed by atoms with E-state index in [9.17, 15) is 5.11 Å². The Kier molecular flexibility index (Phi) is 2.66. The molecule has 3 nitrogen and oxygen atoms in total. The summed E-state index contributed by atoms with van der Waals surface area (Å²) in [6.45, 7) is 2.09. The van der Waals surface area contributed by atoms with Gasteiger partial charge in [-0.25, -0.2) is 0 Å². The molecule has 4 heteroatoms. The Hall–Kier alpha value is -0.350. The molecule has 1 atom stereocenters. The lowest BCUT2D eigenvalue weighted by atomic mass is 10.1. The van der Waals surface area contributed by atoms with E-state index in [0.717, 1.165) is 35.1 Å². The van der Waals surface area contributed by atoms with Gasteiger partial charge in [0.25, 0.3) is 0 Å². The van der Waals surface area contributed by atoms with Crippen molar-refractivity contribution in [3.63, 3.8) is 0 Å². The third kappa shape index (κ3) is 1.61. The van der Waals surface area contributed by atoms with E-state index >= 15 is 0 Å². The van der Waals surface area contributed by atoms with Gasteiger partial charge in [0.2, 0.25) is 0 Å². The van der Waals surface area contributed by atoms with Crippen molar-refractivity contribution in [2.45, 2.75) is 32.3 Å². The van der Waals surface area contributed by atoms with E-state index in [2.05, 4.69) is 28.0 Å². The van der Waals surface area contributed by atoms with Crippen molar-refractivity contribution in [1.29, 1.82) is 0 Å². The Morgan fingerprint density at radius 2 is 2.29 bits per heavy atom. The van der Waals surface area contributed by atoms with Crippen molar-refractivity contribution >= 4 is 15.9 Å². The highest BCUT2D eigenvalue weighted by Gasteiger charge is 2.34. The van der Waals surface area contributed by atoms with Crippen molar-refractivity contribution in [3.05, 3.63) is 15.9 Å². The normalized spacial score (nSPS) is 18.6. The largest absolute Gasteiger partial charge is 0.386 e. The first-order valence-corrected chi connectivity index (χ1v) is 5.83. The molecule has 14 heavy (non-hydrogen) atoms. The smallest absolute Gasteiger partial charge is 0.106 e. The number of hydrogen-bond donors (Lipinski definition) is 1. The zero-order valence-corrected chi connectivity index (χ0v) is 10.1. The van der Waals surface area contributed by atoms with Gasteiger partial charge in [0, 0.05) is 7.05 Å². The molecule has 1 aliphatic carbocycles. The van der Waals surface area contributed by atoms with Crippen LogP contribution in [-0.2, 0) is 13.5 Å². The van der Waals surface area contributed by atoms with E-state index in [1.807, 2.05) is 11.7 Å². The van der Waals surface area contributed by atoms with Gasteiger partial charge >= 0.3 is 0 Å². The van der Waals surface area contributed by atoms with Crippen LogP contribution in [0.15, 0.2) is 4.47 Å². The van der Waals surface area contributed by atoms with Gasteiger partial charge in [-0.05, 0) is 41.1 Å². The van der Waals surface area contributed by atoms with Gasteiger partial charge in [-0.15, -0.1) is 0 Å². The number of hydrogen-bond acceptors (Lipinski definition) is 2. The van der Waals surface area contributed by atoms with Gasteiger partial charge in [0.1, 0.15) is 11.8 Å². The maximum atomic E-state index is 9.97. The highest BCUT2D eigenvalue weighted by Crippen LogP contribution is 2.42. The van der Waals surface area contributed by atoms with Crippen molar-refractivity contribution in [1.82, 2.24) is 9.78 Å². The molecule has 1 aliphatic rings. The summed E-state index contributed by atoms with van der Waals surface area (Å²) in [5, 5.41) is 14.3. The lowest BCUT2D eigenvalue weighted by Crippen LogP contribution is -2.02. The maximum absolute atomic E-state index is 9.97. The standard InChI is InChI=1S/C10H15BrN2O/c1-3-7-8(11)9(12-13(7)2)10(14)6-4-5-6/h6,10,14H,3-5H2,1-2H3. The number of aromatic nitrogens is 2. The Morgan fingerprint density at radius 1 is 1.64 bits per heavy atom. The highest BCUT2D eigenvalue weighted by molar-refractivity contribution is 9.10. The molecule has 1 fully saturated rings. The van der Waals surface area contributed by atoms with Crippen LogP contribution in [0.4, 0.5) is 0 Å². The second-order valence-corrected chi connectivity index (χ2v) is 4.70. The first kappa shape index (κ1) is 10.2. The van der Waals surface area contributed by atoms with Crippen LogP contribution in [-0.4, -0.2) is 14.9 Å². The second-order valence-electron chi connectivity index (χ2n) is 3.91. The van der Waals surface area contributed by atoms with E-state index in [4.69, 9.17) is 0 Å². The molecular formula is C10H15BrN2O. The number of aliphatic hydroxyl groups is 1. The molecule has 0 aliphatic heterocycles. The fraction of sp³-hybridized carbons (Fsp3) is 0.700. The third-order valence-electron chi connectivity index (χ3n) is 2.81. The second kappa shape index (κ2) is 3.66. The molecule has 1 aromatic rings. The lowest BCUT2D eigenvalue weighted by Gasteiger charge is -2.05. The predicted molar refractivity (Wildman–Crippen MR) is 58.0 cm³/mol. The molecule has 0 amide bonds. The van der Waals surface area contributed by atoms with Crippen molar-refractivity contribution in [2.75, 3.05) is 0 Å². The van der Waals surface area contributed by atoms with Gasteiger partial charge < -0.3 is 5.11 Å². The minimum atomic E-state index is -0.379. The van der Waals surface area contributed by atoms with E-state index in [1.165, 1.54) is 0 Å². The molecule has 0 saturated heterocycles. The van der Waals surface area contributed by atoms with Crippen LogP contribution >= 0.6 is 15.9 Å². The van der Waals surface area contributed by atoms with Crippen molar-refractivity contribution < 1.29 is 5.11 Å². The van der Waals surface area contributed by atoms with E-state index in [1.54, 1.807) is 0 Å². The molecule has 1 saturated carbocycles. The zero-order chi connectivity index (χ0) is 10.3. The van der Waals surface area contributed by atoms with Crippen LogP contribution in [0.25, 0.3) is 0 Å². The Balaban J connectivity index is 2.33. The molecule has 1 heterocycles.